The number of benzene rings is 1. The lowest BCUT2D eigenvalue weighted by Gasteiger charge is -2.20. The van der Waals surface area contributed by atoms with Crippen molar-refractivity contribution in [2.45, 2.75) is 38.4 Å². The third-order valence-electron chi connectivity index (χ3n) is 3.16. The molecule has 1 heterocycles. The number of cyclic esters (lactones) is 1. The van der Waals surface area contributed by atoms with Gasteiger partial charge in [-0.25, -0.2) is 0 Å². The molecule has 6 heteroatoms. The highest BCUT2D eigenvalue weighted by atomic mass is 16.5. The third-order valence-corrected chi connectivity index (χ3v) is 3.16. The number of aromatic hydroxyl groups is 2. The predicted molar refractivity (Wildman–Crippen MR) is 68.6 cm³/mol. The molecule has 1 aromatic carbocycles. The van der Waals surface area contributed by atoms with E-state index < -0.39 is 29.7 Å². The number of carbonyl (C=O) groups excluding carboxylic acids is 2. The first kappa shape index (κ1) is 14.3. The van der Waals surface area contributed by atoms with Gasteiger partial charge in [-0.1, -0.05) is 0 Å². The first-order valence-electron chi connectivity index (χ1n) is 6.32. The van der Waals surface area contributed by atoms with Gasteiger partial charge in [0.05, 0.1) is 18.1 Å². The largest absolute Gasteiger partial charge is 0.508 e. The molecule has 0 saturated carbocycles. The summed E-state index contributed by atoms with van der Waals surface area (Å²) < 4.78 is 5.10. The van der Waals surface area contributed by atoms with Crippen LogP contribution in [0.15, 0.2) is 12.1 Å². The van der Waals surface area contributed by atoms with E-state index in [1.807, 2.05) is 0 Å². The number of carbonyl (C=O) groups is 2. The van der Waals surface area contributed by atoms with Gasteiger partial charge in [0.15, 0.2) is 5.78 Å². The number of aliphatic hydroxyl groups is 1. The summed E-state index contributed by atoms with van der Waals surface area (Å²) in [5.41, 5.74) is 0.146. The Bertz CT molecular complexity index is 551. The Morgan fingerprint density at radius 1 is 1.25 bits per heavy atom. The lowest BCUT2D eigenvalue weighted by molar-refractivity contribution is -0.148. The highest BCUT2D eigenvalue weighted by Gasteiger charge is 2.26. The van der Waals surface area contributed by atoms with Crippen LogP contribution in [0.2, 0.25) is 0 Å². The number of hydrogen-bond donors (Lipinski definition) is 3. The Morgan fingerprint density at radius 2 is 1.95 bits per heavy atom. The van der Waals surface area contributed by atoms with Crippen LogP contribution < -0.4 is 0 Å². The second kappa shape index (κ2) is 5.50. The van der Waals surface area contributed by atoms with E-state index in [2.05, 4.69) is 0 Å². The number of esters is 1. The lowest BCUT2D eigenvalue weighted by atomic mass is 9.94. The molecular formula is C14H16O6. The van der Waals surface area contributed by atoms with Gasteiger partial charge in [-0.15, -0.1) is 0 Å². The summed E-state index contributed by atoms with van der Waals surface area (Å²) in [5, 5.41) is 29.0. The number of rotatable bonds is 0. The average Bonchev–Trinajstić information content (AvgIpc) is 2.24. The summed E-state index contributed by atoms with van der Waals surface area (Å²) in [7, 11) is 0. The summed E-state index contributed by atoms with van der Waals surface area (Å²) in [4.78, 5) is 23.9. The van der Waals surface area contributed by atoms with Crippen LogP contribution in [0.5, 0.6) is 11.5 Å². The van der Waals surface area contributed by atoms with Gasteiger partial charge >= 0.3 is 5.97 Å². The van der Waals surface area contributed by atoms with Gasteiger partial charge in [0.25, 0.3) is 0 Å². The maximum absolute atomic E-state index is 12.1. The van der Waals surface area contributed by atoms with Crippen molar-refractivity contribution in [1.82, 2.24) is 0 Å². The number of hydrogen-bond acceptors (Lipinski definition) is 6. The van der Waals surface area contributed by atoms with E-state index in [0.717, 1.165) is 6.07 Å². The molecule has 1 aliphatic rings. The maximum atomic E-state index is 12.1. The quantitative estimate of drug-likeness (QED) is 0.610. The first-order chi connectivity index (χ1) is 9.36. The van der Waals surface area contributed by atoms with Crippen LogP contribution in [0.3, 0.4) is 0 Å². The van der Waals surface area contributed by atoms with Crippen molar-refractivity contribution in [2.75, 3.05) is 0 Å². The highest BCUT2D eigenvalue weighted by Crippen LogP contribution is 2.30. The average molecular weight is 280 g/mol. The fourth-order valence-corrected chi connectivity index (χ4v) is 2.38. The minimum Gasteiger partial charge on any atom is -0.508 e. The van der Waals surface area contributed by atoms with E-state index in [1.54, 1.807) is 6.92 Å². The fourth-order valence-electron chi connectivity index (χ4n) is 2.38. The van der Waals surface area contributed by atoms with Crippen molar-refractivity contribution < 1.29 is 29.6 Å². The molecule has 108 valence electrons. The SMILES string of the molecule is CC1C[C@H](O)CC(=O)c2c(O)cc(O)cc2CC(=O)O1. The zero-order chi connectivity index (χ0) is 14.9. The van der Waals surface area contributed by atoms with Crippen LogP contribution >= 0.6 is 0 Å². The molecule has 2 atom stereocenters. The molecule has 0 aromatic heterocycles. The van der Waals surface area contributed by atoms with Crippen molar-refractivity contribution in [1.29, 1.82) is 0 Å². The van der Waals surface area contributed by atoms with E-state index in [0.29, 0.717) is 0 Å². The Kier molecular flexibility index (Phi) is 3.94. The van der Waals surface area contributed by atoms with Gasteiger partial charge in [0, 0.05) is 18.9 Å². The monoisotopic (exact) mass is 280 g/mol. The van der Waals surface area contributed by atoms with E-state index >= 15 is 0 Å². The third kappa shape index (κ3) is 3.08. The molecule has 1 aromatic rings. The molecule has 3 N–H and O–H groups in total. The van der Waals surface area contributed by atoms with Gasteiger partial charge in [0.1, 0.15) is 17.6 Å². The summed E-state index contributed by atoms with van der Waals surface area (Å²) in [6.45, 7) is 1.63. The van der Waals surface area contributed by atoms with Crippen molar-refractivity contribution in [2.24, 2.45) is 0 Å². The molecule has 20 heavy (non-hydrogen) atoms. The highest BCUT2D eigenvalue weighted by molar-refractivity contribution is 6.01. The smallest absolute Gasteiger partial charge is 0.310 e. The minimum atomic E-state index is -0.954. The Morgan fingerprint density at radius 3 is 2.65 bits per heavy atom. The normalized spacial score (nSPS) is 23.9. The Hall–Kier alpha value is -2.08. The number of ether oxygens (including phenoxy) is 1. The van der Waals surface area contributed by atoms with E-state index in [4.69, 9.17) is 4.74 Å². The molecule has 6 nitrogen and oxygen atoms in total. The van der Waals surface area contributed by atoms with Crippen LogP contribution in [0.4, 0.5) is 0 Å². The summed E-state index contributed by atoms with van der Waals surface area (Å²) in [6.07, 6.45) is -1.69. The minimum absolute atomic E-state index is 0.0478. The molecule has 0 saturated heterocycles. The van der Waals surface area contributed by atoms with Crippen LogP contribution in [-0.4, -0.2) is 39.3 Å². The van der Waals surface area contributed by atoms with Crippen LogP contribution in [0.25, 0.3) is 0 Å². The lowest BCUT2D eigenvalue weighted by Crippen LogP contribution is -2.26. The van der Waals surface area contributed by atoms with E-state index in [9.17, 15) is 24.9 Å². The molecule has 0 spiro atoms. The van der Waals surface area contributed by atoms with Crippen molar-refractivity contribution in [3.05, 3.63) is 23.3 Å². The zero-order valence-electron chi connectivity index (χ0n) is 11.0. The molecule has 1 unspecified atom stereocenters. The summed E-state index contributed by atoms with van der Waals surface area (Å²) >= 11 is 0. The zero-order valence-corrected chi connectivity index (χ0v) is 11.0. The number of aliphatic hydroxyl groups excluding tert-OH is 1. The molecule has 2 rings (SSSR count). The first-order valence-corrected chi connectivity index (χ1v) is 6.32. The number of phenols is 2. The topological polar surface area (TPSA) is 104 Å². The predicted octanol–water partition coefficient (Wildman–Crippen LogP) is 0.909. The van der Waals surface area contributed by atoms with Crippen molar-refractivity contribution in [3.8, 4) is 11.5 Å². The molecule has 0 fully saturated rings. The van der Waals surface area contributed by atoms with Crippen molar-refractivity contribution >= 4 is 11.8 Å². The van der Waals surface area contributed by atoms with Gasteiger partial charge in [-0.3, -0.25) is 9.59 Å². The second-order valence-electron chi connectivity index (χ2n) is 4.99. The van der Waals surface area contributed by atoms with Gasteiger partial charge in [0.2, 0.25) is 0 Å². The van der Waals surface area contributed by atoms with Crippen LogP contribution in [0.1, 0.15) is 35.7 Å². The van der Waals surface area contributed by atoms with Gasteiger partial charge < -0.3 is 20.1 Å². The molecular weight excluding hydrogens is 264 g/mol. The molecule has 0 radical (unpaired) electrons. The van der Waals surface area contributed by atoms with E-state index in [1.165, 1.54) is 6.07 Å². The second-order valence-corrected chi connectivity index (χ2v) is 4.99. The van der Waals surface area contributed by atoms with E-state index in [-0.39, 0.29) is 36.1 Å². The number of ketones is 1. The van der Waals surface area contributed by atoms with Gasteiger partial charge in [-0.2, -0.15) is 0 Å². The summed E-state index contributed by atoms with van der Waals surface area (Å²) in [5.74, 6) is -1.69. The van der Waals surface area contributed by atoms with Crippen LogP contribution in [-0.2, 0) is 16.0 Å². The number of fused-ring (bicyclic) bond motifs is 1. The Balaban J connectivity index is 2.47. The van der Waals surface area contributed by atoms with Crippen molar-refractivity contribution in [3.63, 3.8) is 0 Å². The van der Waals surface area contributed by atoms with Gasteiger partial charge in [-0.05, 0) is 18.6 Å². The fraction of sp³-hybridized carbons (Fsp3) is 0.429. The Labute approximate surface area is 115 Å². The molecule has 1 aliphatic heterocycles. The van der Waals surface area contributed by atoms with Crippen LogP contribution in [0, 0.1) is 0 Å². The summed E-state index contributed by atoms with van der Waals surface area (Å²) in [6, 6.07) is 2.27. The standard InChI is InChI=1S/C14H16O6/c1-7-2-9(15)5-11(17)14-8(4-13(19)20-7)3-10(16)6-12(14)18/h3,6-7,9,15-16,18H,2,4-5H2,1H3/t7?,9-/m0/s1. The molecule has 0 bridgehead atoms. The molecule has 0 amide bonds. The number of Topliss-reactive ketones (excluding diaryl/α,β-unsaturated/α-hetero) is 1. The number of phenolic OH excluding ortho intramolecular Hbond substituents is 2. The molecule has 0 aliphatic carbocycles. The maximum Gasteiger partial charge on any atom is 0.310 e.